The van der Waals surface area contributed by atoms with Gasteiger partial charge in [0.2, 0.25) is 0 Å². The van der Waals surface area contributed by atoms with Gasteiger partial charge < -0.3 is 0 Å². The molecule has 2 heteroatoms. The van der Waals surface area contributed by atoms with E-state index in [4.69, 9.17) is 9.97 Å². The van der Waals surface area contributed by atoms with Crippen LogP contribution in [-0.4, -0.2) is 9.97 Å². The SMILES string of the molecule is c1ccc(-c2cc(-c3ccccc3)cc(-c3cccc(-c4cccc(-c5ccc(-c6ccc(-c7nc(-c8ccc9ccccc9c8)c8c(ccc9ccccc98)n7)cc6)cc5)c4)c3)c2)cc1. The second-order valence-corrected chi connectivity index (χ2v) is 17.0. The van der Waals surface area contributed by atoms with Gasteiger partial charge in [-0.15, -0.1) is 0 Å². The first-order valence-corrected chi connectivity index (χ1v) is 22.5. The smallest absolute Gasteiger partial charge is 0.160 e. The normalized spacial score (nSPS) is 11.3. The van der Waals surface area contributed by atoms with E-state index in [-0.39, 0.29) is 0 Å². The van der Waals surface area contributed by atoms with E-state index in [1.54, 1.807) is 0 Å². The van der Waals surface area contributed by atoms with Gasteiger partial charge >= 0.3 is 0 Å². The molecule has 0 fully saturated rings. The van der Waals surface area contributed by atoms with Crippen molar-refractivity contribution in [3.63, 3.8) is 0 Å². The lowest BCUT2D eigenvalue weighted by Crippen LogP contribution is -1.96. The van der Waals surface area contributed by atoms with E-state index in [1.165, 1.54) is 71.8 Å². The van der Waals surface area contributed by atoms with Crippen molar-refractivity contribution in [2.75, 3.05) is 0 Å². The van der Waals surface area contributed by atoms with Gasteiger partial charge in [0.05, 0.1) is 11.2 Å². The summed E-state index contributed by atoms with van der Waals surface area (Å²) in [6.45, 7) is 0. The molecule has 0 amide bonds. The number of hydrogen-bond acceptors (Lipinski definition) is 2. The topological polar surface area (TPSA) is 25.8 Å². The molecule has 1 heterocycles. The molecule has 0 aliphatic carbocycles. The maximum absolute atomic E-state index is 5.31. The van der Waals surface area contributed by atoms with Gasteiger partial charge in [0.1, 0.15) is 0 Å². The number of nitrogens with zero attached hydrogens (tertiary/aromatic N) is 2. The predicted octanol–water partition coefficient (Wildman–Crippen LogP) is 17.3. The monoisotopic (exact) mass is 838 g/mol. The molecule has 12 aromatic rings. The summed E-state index contributed by atoms with van der Waals surface area (Å²) >= 11 is 0. The van der Waals surface area contributed by atoms with E-state index in [2.05, 4.69) is 255 Å². The van der Waals surface area contributed by atoms with Crippen LogP contribution in [0.15, 0.2) is 255 Å². The molecule has 0 bridgehead atoms. The van der Waals surface area contributed by atoms with E-state index in [0.717, 1.165) is 44.2 Å². The highest BCUT2D eigenvalue weighted by Crippen LogP contribution is 2.38. The van der Waals surface area contributed by atoms with Crippen LogP contribution in [0.4, 0.5) is 0 Å². The second-order valence-electron chi connectivity index (χ2n) is 17.0. The molecule has 12 rings (SSSR count). The maximum atomic E-state index is 5.31. The molecule has 308 valence electrons. The third-order valence-corrected chi connectivity index (χ3v) is 12.8. The van der Waals surface area contributed by atoms with Crippen molar-refractivity contribution in [1.29, 1.82) is 0 Å². The predicted molar refractivity (Wildman–Crippen MR) is 278 cm³/mol. The number of benzene rings is 11. The molecular weight excluding hydrogens is 797 g/mol. The Bertz CT molecular complexity index is 3670. The summed E-state index contributed by atoms with van der Waals surface area (Å²) in [5.74, 6) is 0.714. The Kier molecular flexibility index (Phi) is 9.89. The first-order valence-electron chi connectivity index (χ1n) is 22.5. The molecule has 0 radical (unpaired) electrons. The molecule has 0 aliphatic rings. The minimum Gasteiger partial charge on any atom is -0.228 e. The van der Waals surface area contributed by atoms with E-state index in [0.29, 0.717) is 5.82 Å². The molecule has 2 nitrogen and oxygen atoms in total. The molecule has 0 saturated heterocycles. The Labute approximate surface area is 384 Å². The van der Waals surface area contributed by atoms with Crippen molar-refractivity contribution in [1.82, 2.24) is 9.97 Å². The number of aromatic nitrogens is 2. The van der Waals surface area contributed by atoms with E-state index < -0.39 is 0 Å². The largest absolute Gasteiger partial charge is 0.228 e. The quantitative estimate of drug-likeness (QED) is 0.143. The fraction of sp³-hybridized carbons (Fsp3) is 0. The zero-order chi connectivity index (χ0) is 43.8. The zero-order valence-electron chi connectivity index (χ0n) is 36.1. The van der Waals surface area contributed by atoms with Gasteiger partial charge in [0, 0.05) is 16.5 Å². The Morgan fingerprint density at radius 1 is 0.212 bits per heavy atom. The van der Waals surface area contributed by atoms with Crippen LogP contribution >= 0.6 is 0 Å². The van der Waals surface area contributed by atoms with E-state index in [1.807, 2.05) is 0 Å². The van der Waals surface area contributed by atoms with Crippen LogP contribution < -0.4 is 0 Å². The number of hydrogen-bond donors (Lipinski definition) is 0. The van der Waals surface area contributed by atoms with Gasteiger partial charge in [-0.2, -0.15) is 0 Å². The lowest BCUT2D eigenvalue weighted by atomic mass is 9.91. The summed E-state index contributed by atoms with van der Waals surface area (Å²) in [5, 5.41) is 5.81. The van der Waals surface area contributed by atoms with Gasteiger partial charge in [-0.05, 0) is 131 Å². The Hall–Kier alpha value is -8.72. The highest BCUT2D eigenvalue weighted by molar-refractivity contribution is 6.13. The standard InChI is InChI=1S/C64H42N2/c1-3-13-43(14-4-1)57-40-58(44-15-5-2-6-16-44)42-59(41-57)55-23-12-22-54(38-55)53-21-11-20-52(37-53)48-27-25-46(26-28-48)47-29-32-50(33-30-47)64-65-61-36-35-49-18-9-10-24-60(49)62(61)63(66-64)56-34-31-45-17-7-8-19-51(45)39-56/h1-42H. The van der Waals surface area contributed by atoms with Crippen molar-refractivity contribution in [3.8, 4) is 89.4 Å². The number of fused-ring (bicyclic) bond motifs is 4. The molecular formula is C64H42N2. The summed E-state index contributed by atoms with van der Waals surface area (Å²) in [6.07, 6.45) is 0. The molecule has 0 atom stereocenters. The van der Waals surface area contributed by atoms with Crippen molar-refractivity contribution in [3.05, 3.63) is 255 Å². The Morgan fingerprint density at radius 2 is 0.606 bits per heavy atom. The Morgan fingerprint density at radius 3 is 1.21 bits per heavy atom. The third-order valence-electron chi connectivity index (χ3n) is 12.8. The van der Waals surface area contributed by atoms with Gasteiger partial charge in [0.15, 0.2) is 5.82 Å². The van der Waals surface area contributed by atoms with Gasteiger partial charge in [-0.1, -0.05) is 212 Å². The zero-order valence-corrected chi connectivity index (χ0v) is 36.1. The molecule has 11 aromatic carbocycles. The van der Waals surface area contributed by atoms with Crippen molar-refractivity contribution < 1.29 is 0 Å². The maximum Gasteiger partial charge on any atom is 0.160 e. The van der Waals surface area contributed by atoms with Crippen LogP contribution in [0.25, 0.3) is 122 Å². The van der Waals surface area contributed by atoms with Crippen LogP contribution in [0, 0.1) is 0 Å². The highest BCUT2D eigenvalue weighted by atomic mass is 14.9. The van der Waals surface area contributed by atoms with Crippen LogP contribution in [-0.2, 0) is 0 Å². The molecule has 0 unspecified atom stereocenters. The molecule has 0 aliphatic heterocycles. The highest BCUT2D eigenvalue weighted by Gasteiger charge is 2.16. The van der Waals surface area contributed by atoms with Crippen molar-refractivity contribution in [2.45, 2.75) is 0 Å². The average molecular weight is 839 g/mol. The molecule has 1 aromatic heterocycles. The van der Waals surface area contributed by atoms with Crippen LogP contribution in [0.1, 0.15) is 0 Å². The Balaban J connectivity index is 0.831. The lowest BCUT2D eigenvalue weighted by molar-refractivity contribution is 1.23. The fourth-order valence-corrected chi connectivity index (χ4v) is 9.39. The lowest BCUT2D eigenvalue weighted by Gasteiger charge is -2.13. The third kappa shape index (κ3) is 7.51. The second kappa shape index (κ2) is 16.8. The van der Waals surface area contributed by atoms with Crippen LogP contribution in [0.3, 0.4) is 0 Å². The van der Waals surface area contributed by atoms with Crippen LogP contribution in [0.2, 0.25) is 0 Å². The minimum absolute atomic E-state index is 0.714. The first kappa shape index (κ1) is 38.9. The minimum atomic E-state index is 0.714. The summed E-state index contributed by atoms with van der Waals surface area (Å²) in [7, 11) is 0. The summed E-state index contributed by atoms with van der Waals surface area (Å²) in [5.41, 5.74) is 18.2. The van der Waals surface area contributed by atoms with E-state index in [9.17, 15) is 0 Å². The molecule has 0 spiro atoms. The molecule has 0 N–H and O–H groups in total. The van der Waals surface area contributed by atoms with Crippen LogP contribution in [0.5, 0.6) is 0 Å². The number of rotatable bonds is 8. The summed E-state index contributed by atoms with van der Waals surface area (Å²) < 4.78 is 0. The van der Waals surface area contributed by atoms with Gasteiger partial charge in [0.25, 0.3) is 0 Å². The molecule has 0 saturated carbocycles. The first-order chi connectivity index (χ1) is 32.7. The summed E-state index contributed by atoms with van der Waals surface area (Å²) in [6, 6.07) is 91.5. The fourth-order valence-electron chi connectivity index (χ4n) is 9.39. The van der Waals surface area contributed by atoms with Crippen molar-refractivity contribution in [2.24, 2.45) is 0 Å². The van der Waals surface area contributed by atoms with E-state index >= 15 is 0 Å². The molecule has 66 heavy (non-hydrogen) atoms. The van der Waals surface area contributed by atoms with Gasteiger partial charge in [-0.25, -0.2) is 9.97 Å². The summed E-state index contributed by atoms with van der Waals surface area (Å²) in [4.78, 5) is 10.5. The van der Waals surface area contributed by atoms with Gasteiger partial charge in [-0.3, -0.25) is 0 Å². The average Bonchev–Trinajstić information content (AvgIpc) is 3.41. The van der Waals surface area contributed by atoms with Crippen molar-refractivity contribution >= 4 is 32.4 Å².